The van der Waals surface area contributed by atoms with Crippen LogP contribution >= 0.6 is 0 Å². The highest BCUT2D eigenvalue weighted by Crippen LogP contribution is 2.24. The number of ketones is 1. The van der Waals surface area contributed by atoms with E-state index in [-0.39, 0.29) is 12.4 Å². The Hall–Kier alpha value is -1.42. The molecule has 1 aromatic heterocycles. The van der Waals surface area contributed by atoms with E-state index < -0.39 is 0 Å². The Labute approximate surface area is 102 Å². The summed E-state index contributed by atoms with van der Waals surface area (Å²) in [6.45, 7) is 4.09. The second-order valence-corrected chi connectivity index (χ2v) is 4.02. The van der Waals surface area contributed by atoms with Crippen LogP contribution in [0.4, 0.5) is 0 Å². The van der Waals surface area contributed by atoms with E-state index in [4.69, 9.17) is 9.47 Å². The van der Waals surface area contributed by atoms with Crippen molar-refractivity contribution in [2.75, 3.05) is 20.8 Å². The predicted molar refractivity (Wildman–Crippen MR) is 65.5 cm³/mol. The molecule has 1 heterocycles. The average molecular weight is 237 g/mol. The summed E-state index contributed by atoms with van der Waals surface area (Å²) in [6, 6.07) is 0. The van der Waals surface area contributed by atoms with Crippen LogP contribution in [0.25, 0.3) is 0 Å². The number of carbonyl (C=O) groups is 1. The van der Waals surface area contributed by atoms with Gasteiger partial charge in [0.2, 0.25) is 0 Å². The Morgan fingerprint density at radius 2 is 2.06 bits per heavy atom. The second-order valence-electron chi connectivity index (χ2n) is 4.02. The lowest BCUT2D eigenvalue weighted by Gasteiger charge is -2.11. The number of carbonyl (C=O) groups excluding carboxylic acids is 1. The van der Waals surface area contributed by atoms with Crippen LogP contribution in [0.15, 0.2) is 6.20 Å². The SMILES string of the molecule is COCC(=O)CCc1ncc(C)c(OC)c1C. The molecule has 0 spiro atoms. The van der Waals surface area contributed by atoms with E-state index in [1.54, 1.807) is 13.3 Å². The van der Waals surface area contributed by atoms with Crippen molar-refractivity contribution < 1.29 is 14.3 Å². The highest BCUT2D eigenvalue weighted by Gasteiger charge is 2.10. The molecule has 0 unspecified atom stereocenters. The predicted octanol–water partition coefficient (Wildman–Crippen LogP) is 1.86. The summed E-state index contributed by atoms with van der Waals surface area (Å²) in [4.78, 5) is 15.7. The number of ether oxygens (including phenoxy) is 2. The first-order valence-electron chi connectivity index (χ1n) is 5.59. The summed E-state index contributed by atoms with van der Waals surface area (Å²) >= 11 is 0. The first-order chi connectivity index (χ1) is 8.10. The standard InChI is InChI=1S/C13H19NO3/c1-9-7-14-12(10(2)13(9)17-4)6-5-11(15)8-16-3/h7H,5-6,8H2,1-4H3. The third-order valence-corrected chi connectivity index (χ3v) is 2.70. The van der Waals surface area contributed by atoms with Gasteiger partial charge in [-0.3, -0.25) is 9.78 Å². The molecule has 1 rings (SSSR count). The van der Waals surface area contributed by atoms with Crippen molar-refractivity contribution in [3.8, 4) is 5.75 Å². The van der Waals surface area contributed by atoms with Gasteiger partial charge in [0.05, 0.1) is 7.11 Å². The van der Waals surface area contributed by atoms with Crippen molar-refractivity contribution in [3.63, 3.8) is 0 Å². The van der Waals surface area contributed by atoms with Crippen molar-refractivity contribution in [3.05, 3.63) is 23.0 Å². The van der Waals surface area contributed by atoms with Crippen molar-refractivity contribution in [2.45, 2.75) is 26.7 Å². The molecule has 0 aliphatic heterocycles. The molecule has 4 heteroatoms. The summed E-state index contributed by atoms with van der Waals surface area (Å²) in [6.07, 6.45) is 2.86. The van der Waals surface area contributed by atoms with E-state index in [0.29, 0.717) is 12.8 Å². The van der Waals surface area contributed by atoms with Gasteiger partial charge in [-0.2, -0.15) is 0 Å². The molecule has 0 amide bonds. The molecule has 0 N–H and O–H groups in total. The van der Waals surface area contributed by atoms with Crippen LogP contribution in [0.5, 0.6) is 5.75 Å². The van der Waals surface area contributed by atoms with Crippen LogP contribution in [-0.4, -0.2) is 31.6 Å². The smallest absolute Gasteiger partial charge is 0.158 e. The quantitative estimate of drug-likeness (QED) is 0.757. The molecule has 0 aromatic carbocycles. The number of rotatable bonds is 6. The zero-order chi connectivity index (χ0) is 12.8. The number of aryl methyl sites for hydroxylation is 2. The Morgan fingerprint density at radius 1 is 1.35 bits per heavy atom. The van der Waals surface area contributed by atoms with Crippen LogP contribution in [0.2, 0.25) is 0 Å². The summed E-state index contributed by atoms with van der Waals surface area (Å²) in [5.41, 5.74) is 2.94. The molecule has 0 saturated carbocycles. The maximum absolute atomic E-state index is 11.4. The average Bonchev–Trinajstić information content (AvgIpc) is 2.29. The summed E-state index contributed by atoms with van der Waals surface area (Å²) < 4.78 is 10.1. The Morgan fingerprint density at radius 3 is 2.65 bits per heavy atom. The van der Waals surface area contributed by atoms with Gasteiger partial charge in [0.25, 0.3) is 0 Å². The van der Waals surface area contributed by atoms with E-state index in [1.165, 1.54) is 7.11 Å². The number of hydrogen-bond acceptors (Lipinski definition) is 4. The molecule has 0 aliphatic rings. The van der Waals surface area contributed by atoms with E-state index in [1.807, 2.05) is 13.8 Å². The Bertz CT molecular complexity index is 402. The Kier molecular flexibility index (Phi) is 5.10. The van der Waals surface area contributed by atoms with E-state index in [0.717, 1.165) is 22.6 Å². The summed E-state index contributed by atoms with van der Waals surface area (Å²) in [5.74, 6) is 0.947. The van der Waals surface area contributed by atoms with Gasteiger partial charge in [0.1, 0.15) is 12.4 Å². The minimum absolute atomic E-state index is 0.0910. The van der Waals surface area contributed by atoms with Crippen LogP contribution < -0.4 is 4.74 Å². The lowest BCUT2D eigenvalue weighted by atomic mass is 10.1. The molecule has 94 valence electrons. The maximum Gasteiger partial charge on any atom is 0.158 e. The first kappa shape index (κ1) is 13.6. The number of pyridine rings is 1. The molecule has 4 nitrogen and oxygen atoms in total. The van der Waals surface area contributed by atoms with Crippen LogP contribution in [0, 0.1) is 13.8 Å². The van der Waals surface area contributed by atoms with Crippen LogP contribution in [0.3, 0.4) is 0 Å². The molecule has 0 bridgehead atoms. The first-order valence-corrected chi connectivity index (χ1v) is 5.59. The molecule has 0 aliphatic carbocycles. The number of Topliss-reactive ketones (excluding diaryl/α,β-unsaturated/α-hetero) is 1. The highest BCUT2D eigenvalue weighted by molar-refractivity contribution is 5.79. The van der Waals surface area contributed by atoms with Crippen LogP contribution in [-0.2, 0) is 16.0 Å². The number of methoxy groups -OCH3 is 2. The minimum atomic E-state index is 0.0910. The molecular formula is C13H19NO3. The monoisotopic (exact) mass is 237 g/mol. The van der Waals surface area contributed by atoms with E-state index >= 15 is 0 Å². The fraction of sp³-hybridized carbons (Fsp3) is 0.538. The largest absolute Gasteiger partial charge is 0.496 e. The van der Waals surface area contributed by atoms with Crippen LogP contribution in [0.1, 0.15) is 23.2 Å². The fourth-order valence-electron chi connectivity index (χ4n) is 1.81. The van der Waals surface area contributed by atoms with Gasteiger partial charge in [-0.1, -0.05) is 0 Å². The minimum Gasteiger partial charge on any atom is -0.496 e. The van der Waals surface area contributed by atoms with Gasteiger partial charge < -0.3 is 9.47 Å². The zero-order valence-electron chi connectivity index (χ0n) is 10.9. The highest BCUT2D eigenvalue weighted by atomic mass is 16.5. The van der Waals surface area contributed by atoms with Crippen molar-refractivity contribution >= 4 is 5.78 Å². The topological polar surface area (TPSA) is 48.4 Å². The van der Waals surface area contributed by atoms with Gasteiger partial charge in [-0.15, -0.1) is 0 Å². The van der Waals surface area contributed by atoms with Gasteiger partial charge in [-0.25, -0.2) is 0 Å². The van der Waals surface area contributed by atoms with Gasteiger partial charge in [0, 0.05) is 36.5 Å². The molecular weight excluding hydrogens is 218 g/mol. The van der Waals surface area contributed by atoms with E-state index in [2.05, 4.69) is 4.98 Å². The number of aromatic nitrogens is 1. The number of nitrogens with zero attached hydrogens (tertiary/aromatic N) is 1. The molecule has 0 fully saturated rings. The second kappa shape index (κ2) is 6.35. The third kappa shape index (κ3) is 3.53. The normalized spacial score (nSPS) is 10.4. The fourth-order valence-corrected chi connectivity index (χ4v) is 1.81. The molecule has 0 atom stereocenters. The van der Waals surface area contributed by atoms with Crippen molar-refractivity contribution in [1.82, 2.24) is 4.98 Å². The van der Waals surface area contributed by atoms with Crippen molar-refractivity contribution in [1.29, 1.82) is 0 Å². The third-order valence-electron chi connectivity index (χ3n) is 2.70. The molecule has 0 radical (unpaired) electrons. The number of hydrogen-bond donors (Lipinski definition) is 0. The lowest BCUT2D eigenvalue weighted by molar-refractivity contribution is -0.122. The van der Waals surface area contributed by atoms with E-state index in [9.17, 15) is 4.79 Å². The Balaban J connectivity index is 2.75. The van der Waals surface area contributed by atoms with Crippen molar-refractivity contribution in [2.24, 2.45) is 0 Å². The van der Waals surface area contributed by atoms with Gasteiger partial charge in [-0.05, 0) is 20.3 Å². The summed E-state index contributed by atoms with van der Waals surface area (Å²) in [7, 11) is 3.17. The zero-order valence-corrected chi connectivity index (χ0v) is 10.9. The molecule has 0 saturated heterocycles. The molecule has 17 heavy (non-hydrogen) atoms. The summed E-state index contributed by atoms with van der Waals surface area (Å²) in [5, 5.41) is 0. The molecule has 1 aromatic rings. The maximum atomic E-state index is 11.4. The van der Waals surface area contributed by atoms with Gasteiger partial charge >= 0.3 is 0 Å². The lowest BCUT2D eigenvalue weighted by Crippen LogP contribution is -2.09. The van der Waals surface area contributed by atoms with Gasteiger partial charge in [0.15, 0.2) is 5.78 Å².